The Morgan fingerprint density at radius 2 is 2.12 bits per heavy atom. The molecule has 0 saturated carbocycles. The first kappa shape index (κ1) is 13.8. The highest BCUT2D eigenvalue weighted by Crippen LogP contribution is 2.20. The topological polar surface area (TPSA) is 89.3 Å². The van der Waals surface area contributed by atoms with Gasteiger partial charge < -0.3 is 11.1 Å². The van der Waals surface area contributed by atoms with Gasteiger partial charge in [0.2, 0.25) is 5.91 Å². The molecule has 1 aromatic rings. The van der Waals surface area contributed by atoms with E-state index in [0.29, 0.717) is 16.3 Å². The van der Waals surface area contributed by atoms with E-state index >= 15 is 0 Å². The van der Waals surface area contributed by atoms with Crippen LogP contribution < -0.4 is 11.1 Å². The van der Waals surface area contributed by atoms with Gasteiger partial charge in [0, 0.05) is 17.8 Å². The molecule has 0 aromatic heterocycles. The Balaban J connectivity index is 2.90. The van der Waals surface area contributed by atoms with E-state index in [1.54, 1.807) is 6.07 Å². The fraction of sp³-hybridized carbons (Fsp3) is 0.300. The smallest absolute Gasteiger partial charge is 0.234 e. The lowest BCUT2D eigenvalue weighted by Gasteiger charge is -2.07. The summed E-state index contributed by atoms with van der Waals surface area (Å²) in [7, 11) is -2.16. The van der Waals surface area contributed by atoms with Gasteiger partial charge in [0.15, 0.2) is 9.84 Å². The van der Waals surface area contributed by atoms with E-state index in [0.717, 1.165) is 0 Å². The van der Waals surface area contributed by atoms with Crippen molar-refractivity contribution >= 4 is 33.0 Å². The predicted octanol–water partition coefficient (Wildman–Crippen LogP) is 0.583. The van der Waals surface area contributed by atoms with Crippen LogP contribution in [-0.4, -0.2) is 27.1 Å². The number of nitrogen functional groups attached to an aromatic ring is 1. The lowest BCUT2D eigenvalue weighted by atomic mass is 10.2. The van der Waals surface area contributed by atoms with Crippen LogP contribution in [-0.2, 0) is 20.4 Å². The van der Waals surface area contributed by atoms with Crippen molar-refractivity contribution in [3.05, 3.63) is 28.8 Å². The van der Waals surface area contributed by atoms with Gasteiger partial charge in [-0.25, -0.2) is 8.42 Å². The summed E-state index contributed by atoms with van der Waals surface area (Å²) in [5.41, 5.74) is 6.38. The van der Waals surface area contributed by atoms with E-state index in [-0.39, 0.29) is 5.75 Å². The van der Waals surface area contributed by atoms with Crippen LogP contribution in [0.2, 0.25) is 5.02 Å². The standard InChI is InChI=1S/C10H13ClN2O3S/c1-13-10(14)6-17(15,16)5-7-4-8(11)2-3-9(7)12/h2-4H,5-6,12H2,1H3,(H,13,14). The SMILES string of the molecule is CNC(=O)CS(=O)(=O)Cc1cc(Cl)ccc1N. The Labute approximate surface area is 105 Å². The Kier molecular flexibility index (Phi) is 4.36. The number of anilines is 1. The molecule has 1 rings (SSSR count). The average Bonchev–Trinajstić information content (AvgIpc) is 2.22. The van der Waals surface area contributed by atoms with E-state index < -0.39 is 21.5 Å². The van der Waals surface area contributed by atoms with Gasteiger partial charge in [-0.15, -0.1) is 0 Å². The quantitative estimate of drug-likeness (QED) is 0.788. The van der Waals surface area contributed by atoms with Crippen LogP contribution in [0.1, 0.15) is 5.56 Å². The molecule has 0 heterocycles. The number of nitrogens with two attached hydrogens (primary N) is 1. The minimum atomic E-state index is -3.54. The second kappa shape index (κ2) is 5.37. The number of nitrogens with one attached hydrogen (secondary N) is 1. The van der Waals surface area contributed by atoms with Crippen molar-refractivity contribution in [2.24, 2.45) is 0 Å². The molecule has 0 aliphatic carbocycles. The molecule has 0 aliphatic heterocycles. The molecule has 1 amide bonds. The van der Waals surface area contributed by atoms with Crippen LogP contribution in [0.15, 0.2) is 18.2 Å². The summed E-state index contributed by atoms with van der Waals surface area (Å²) < 4.78 is 23.3. The molecular formula is C10H13ClN2O3S. The van der Waals surface area contributed by atoms with E-state index in [1.165, 1.54) is 19.2 Å². The highest BCUT2D eigenvalue weighted by atomic mass is 35.5. The molecule has 0 unspecified atom stereocenters. The molecule has 3 N–H and O–H groups in total. The minimum Gasteiger partial charge on any atom is -0.398 e. The highest BCUT2D eigenvalue weighted by molar-refractivity contribution is 7.91. The van der Waals surface area contributed by atoms with E-state index in [1.807, 2.05) is 0 Å². The Morgan fingerprint density at radius 1 is 1.47 bits per heavy atom. The van der Waals surface area contributed by atoms with E-state index in [2.05, 4.69) is 5.32 Å². The Bertz CT molecular complexity index is 528. The summed E-state index contributed by atoms with van der Waals surface area (Å²) >= 11 is 5.75. The Hall–Kier alpha value is -1.27. The van der Waals surface area contributed by atoms with Gasteiger partial charge >= 0.3 is 0 Å². The van der Waals surface area contributed by atoms with Crippen molar-refractivity contribution < 1.29 is 13.2 Å². The molecule has 17 heavy (non-hydrogen) atoms. The fourth-order valence-corrected chi connectivity index (χ4v) is 2.82. The molecule has 0 spiro atoms. The monoisotopic (exact) mass is 276 g/mol. The Morgan fingerprint density at radius 3 is 2.71 bits per heavy atom. The molecular weight excluding hydrogens is 264 g/mol. The van der Waals surface area contributed by atoms with Gasteiger partial charge in [-0.3, -0.25) is 4.79 Å². The van der Waals surface area contributed by atoms with Gasteiger partial charge in [0.05, 0.1) is 5.75 Å². The number of carbonyl (C=O) groups is 1. The van der Waals surface area contributed by atoms with Gasteiger partial charge in [0.1, 0.15) is 5.75 Å². The molecule has 1 aromatic carbocycles. The zero-order chi connectivity index (χ0) is 13.1. The number of halogens is 1. The third kappa shape index (κ3) is 4.24. The van der Waals surface area contributed by atoms with Crippen molar-refractivity contribution in [2.45, 2.75) is 5.75 Å². The number of carbonyl (C=O) groups excluding carboxylic acids is 1. The first-order valence-corrected chi connectivity index (χ1v) is 6.99. The number of hydrogen-bond acceptors (Lipinski definition) is 4. The molecule has 0 radical (unpaired) electrons. The summed E-state index contributed by atoms with van der Waals surface area (Å²) in [4.78, 5) is 11.0. The molecule has 0 atom stereocenters. The van der Waals surface area contributed by atoms with Crippen LogP contribution >= 0.6 is 11.6 Å². The second-order valence-electron chi connectivity index (χ2n) is 3.55. The maximum atomic E-state index is 11.7. The van der Waals surface area contributed by atoms with Crippen molar-refractivity contribution in [3.63, 3.8) is 0 Å². The molecule has 0 fully saturated rings. The lowest BCUT2D eigenvalue weighted by Crippen LogP contribution is -2.27. The van der Waals surface area contributed by atoms with E-state index in [4.69, 9.17) is 17.3 Å². The summed E-state index contributed by atoms with van der Waals surface area (Å²) in [6.07, 6.45) is 0. The first-order chi connectivity index (χ1) is 7.84. The van der Waals surface area contributed by atoms with Crippen LogP contribution in [0.3, 0.4) is 0 Å². The van der Waals surface area contributed by atoms with Gasteiger partial charge in [-0.05, 0) is 23.8 Å². The summed E-state index contributed by atoms with van der Waals surface area (Å²) in [6.45, 7) is 0. The van der Waals surface area contributed by atoms with Crippen LogP contribution in [0, 0.1) is 0 Å². The molecule has 5 nitrogen and oxygen atoms in total. The molecule has 0 saturated heterocycles. The van der Waals surface area contributed by atoms with Gasteiger partial charge in [0.25, 0.3) is 0 Å². The number of hydrogen-bond donors (Lipinski definition) is 2. The zero-order valence-corrected chi connectivity index (χ0v) is 10.8. The fourth-order valence-electron chi connectivity index (χ4n) is 1.26. The predicted molar refractivity (Wildman–Crippen MR) is 67.4 cm³/mol. The summed E-state index contributed by atoms with van der Waals surface area (Å²) in [5, 5.41) is 2.66. The van der Waals surface area contributed by atoms with Crippen LogP contribution in [0.25, 0.3) is 0 Å². The summed E-state index contributed by atoms with van der Waals surface area (Å²) in [6, 6.07) is 4.59. The highest BCUT2D eigenvalue weighted by Gasteiger charge is 2.18. The van der Waals surface area contributed by atoms with Crippen molar-refractivity contribution in [3.8, 4) is 0 Å². The van der Waals surface area contributed by atoms with Gasteiger partial charge in [-0.2, -0.15) is 0 Å². The minimum absolute atomic E-state index is 0.299. The average molecular weight is 277 g/mol. The number of rotatable bonds is 4. The maximum Gasteiger partial charge on any atom is 0.234 e. The van der Waals surface area contributed by atoms with Gasteiger partial charge in [-0.1, -0.05) is 11.6 Å². The van der Waals surface area contributed by atoms with Crippen molar-refractivity contribution in [1.82, 2.24) is 5.32 Å². The zero-order valence-electron chi connectivity index (χ0n) is 9.23. The van der Waals surface area contributed by atoms with Crippen molar-refractivity contribution in [1.29, 1.82) is 0 Å². The largest absolute Gasteiger partial charge is 0.398 e. The summed E-state index contributed by atoms with van der Waals surface area (Å²) in [5.74, 6) is -1.41. The molecule has 94 valence electrons. The van der Waals surface area contributed by atoms with Crippen molar-refractivity contribution in [2.75, 3.05) is 18.5 Å². The third-order valence-electron chi connectivity index (χ3n) is 2.11. The third-order valence-corrected chi connectivity index (χ3v) is 3.80. The first-order valence-electron chi connectivity index (χ1n) is 4.79. The van der Waals surface area contributed by atoms with Crippen LogP contribution in [0.5, 0.6) is 0 Å². The maximum absolute atomic E-state index is 11.7. The second-order valence-corrected chi connectivity index (χ2v) is 6.05. The number of benzene rings is 1. The molecule has 0 aliphatic rings. The van der Waals surface area contributed by atoms with Crippen LogP contribution in [0.4, 0.5) is 5.69 Å². The normalized spacial score (nSPS) is 11.2. The lowest BCUT2D eigenvalue weighted by molar-refractivity contribution is -0.118. The van der Waals surface area contributed by atoms with E-state index in [9.17, 15) is 13.2 Å². The number of amides is 1. The number of sulfone groups is 1. The molecule has 7 heteroatoms. The molecule has 0 bridgehead atoms.